The molecule has 1 aromatic carbocycles. The molecule has 1 saturated heterocycles. The maximum absolute atomic E-state index is 12.6. The monoisotopic (exact) mass is 319 g/mol. The molecule has 1 aromatic rings. The van der Waals surface area contributed by atoms with Gasteiger partial charge in [-0.15, -0.1) is 0 Å². The van der Waals surface area contributed by atoms with Gasteiger partial charge in [0.25, 0.3) is 0 Å². The minimum absolute atomic E-state index is 0.117. The molecular weight excluding hydrogens is 294 g/mol. The van der Waals surface area contributed by atoms with Crippen LogP contribution >= 0.6 is 0 Å². The van der Waals surface area contributed by atoms with Crippen molar-refractivity contribution in [3.05, 3.63) is 29.8 Å². The highest BCUT2D eigenvalue weighted by molar-refractivity contribution is 5.95. The third-order valence-corrected chi connectivity index (χ3v) is 4.17. The summed E-state index contributed by atoms with van der Waals surface area (Å²) in [6.45, 7) is 1.48. The van der Waals surface area contributed by atoms with Crippen LogP contribution in [0.5, 0.6) is 0 Å². The molecule has 6 nitrogen and oxygen atoms in total. The Morgan fingerprint density at radius 1 is 1.39 bits per heavy atom. The molecule has 0 aromatic heterocycles. The molecule has 23 heavy (non-hydrogen) atoms. The molecule has 1 aliphatic rings. The van der Waals surface area contributed by atoms with E-state index in [1.807, 2.05) is 4.90 Å². The number of urea groups is 1. The molecule has 6 heteroatoms. The lowest BCUT2D eigenvalue weighted by Gasteiger charge is -2.35. The highest BCUT2D eigenvalue weighted by Gasteiger charge is 2.26. The van der Waals surface area contributed by atoms with Crippen molar-refractivity contribution >= 4 is 17.6 Å². The Labute approximate surface area is 137 Å². The molecule has 0 radical (unpaired) electrons. The summed E-state index contributed by atoms with van der Waals surface area (Å²) in [6, 6.07) is 6.83. The number of primary amides is 1. The maximum atomic E-state index is 12.6. The third-order valence-electron chi connectivity index (χ3n) is 4.17. The van der Waals surface area contributed by atoms with Crippen molar-refractivity contribution in [3.8, 4) is 0 Å². The van der Waals surface area contributed by atoms with E-state index in [9.17, 15) is 9.59 Å². The number of nitrogens with one attached hydrogen (secondary N) is 1. The number of rotatable bonds is 6. The quantitative estimate of drug-likeness (QED) is 0.790. The molecule has 0 spiro atoms. The van der Waals surface area contributed by atoms with Crippen LogP contribution in [0.2, 0.25) is 0 Å². The number of nitrogens with zero attached hydrogens (tertiary/aromatic N) is 1. The number of benzene rings is 1. The first-order chi connectivity index (χ1) is 11.1. The number of ether oxygens (including phenoxy) is 1. The van der Waals surface area contributed by atoms with Crippen LogP contribution in [-0.2, 0) is 4.74 Å². The second kappa shape index (κ2) is 8.53. The first kappa shape index (κ1) is 17.3. The normalized spacial score (nSPS) is 17.8. The summed E-state index contributed by atoms with van der Waals surface area (Å²) in [5.41, 5.74) is 6.25. The van der Waals surface area contributed by atoms with Gasteiger partial charge < -0.3 is 20.7 Å². The first-order valence-electron chi connectivity index (χ1n) is 8.08. The fraction of sp³-hybridized carbons (Fsp3) is 0.529. The number of likely N-dealkylation sites (tertiary alicyclic amines) is 1. The standard InChI is InChI=1S/C17H25N3O3/c1-23-11-5-9-15-8-2-3-10-20(15)17(22)19-14-7-4-6-13(12-14)16(18)21/h4,6-7,12,15H,2-3,5,8-11H2,1H3,(H2,18,21)(H,19,22)/t15-/m0/s1. The zero-order valence-electron chi connectivity index (χ0n) is 13.6. The molecule has 1 aliphatic heterocycles. The highest BCUT2D eigenvalue weighted by atomic mass is 16.5. The molecule has 0 unspecified atom stereocenters. The summed E-state index contributed by atoms with van der Waals surface area (Å²) in [5, 5.41) is 2.88. The van der Waals surface area contributed by atoms with Crippen LogP contribution in [0.4, 0.5) is 10.5 Å². The number of methoxy groups -OCH3 is 1. The van der Waals surface area contributed by atoms with Crippen molar-refractivity contribution in [1.29, 1.82) is 0 Å². The molecule has 3 N–H and O–H groups in total. The smallest absolute Gasteiger partial charge is 0.322 e. The lowest BCUT2D eigenvalue weighted by atomic mass is 9.98. The third kappa shape index (κ3) is 4.96. The SMILES string of the molecule is COCCC[C@@H]1CCCCN1C(=O)Nc1cccc(C(N)=O)c1. The van der Waals surface area contributed by atoms with Crippen molar-refractivity contribution in [2.24, 2.45) is 5.73 Å². The van der Waals surface area contributed by atoms with E-state index < -0.39 is 5.91 Å². The lowest BCUT2D eigenvalue weighted by Crippen LogP contribution is -2.46. The van der Waals surface area contributed by atoms with Crippen molar-refractivity contribution in [3.63, 3.8) is 0 Å². The van der Waals surface area contributed by atoms with Gasteiger partial charge in [0, 0.05) is 37.6 Å². The van der Waals surface area contributed by atoms with Gasteiger partial charge in [0.05, 0.1) is 0 Å². The van der Waals surface area contributed by atoms with E-state index in [4.69, 9.17) is 10.5 Å². The van der Waals surface area contributed by atoms with Gasteiger partial charge in [0.2, 0.25) is 5.91 Å². The molecule has 126 valence electrons. The van der Waals surface area contributed by atoms with E-state index in [2.05, 4.69) is 5.32 Å². The number of amides is 3. The van der Waals surface area contributed by atoms with Crippen LogP contribution in [-0.4, -0.2) is 43.1 Å². The minimum Gasteiger partial charge on any atom is -0.385 e. The van der Waals surface area contributed by atoms with Gasteiger partial charge >= 0.3 is 6.03 Å². The lowest BCUT2D eigenvalue weighted by molar-refractivity contribution is 0.1000. The molecule has 1 fully saturated rings. The molecule has 0 bridgehead atoms. The zero-order valence-corrected chi connectivity index (χ0v) is 13.6. The molecule has 1 heterocycles. The van der Waals surface area contributed by atoms with Crippen molar-refractivity contribution in [2.45, 2.75) is 38.1 Å². The molecule has 0 saturated carbocycles. The number of nitrogens with two attached hydrogens (primary N) is 1. The minimum atomic E-state index is -0.503. The molecular formula is C17H25N3O3. The number of hydrogen-bond donors (Lipinski definition) is 2. The zero-order chi connectivity index (χ0) is 16.7. The number of hydrogen-bond acceptors (Lipinski definition) is 3. The molecule has 0 aliphatic carbocycles. The van der Waals surface area contributed by atoms with E-state index in [-0.39, 0.29) is 12.1 Å². The average Bonchev–Trinajstić information content (AvgIpc) is 2.55. The Kier molecular flexibility index (Phi) is 6.40. The van der Waals surface area contributed by atoms with E-state index >= 15 is 0 Å². The predicted molar refractivity (Wildman–Crippen MR) is 89.4 cm³/mol. The Morgan fingerprint density at radius 3 is 2.96 bits per heavy atom. The van der Waals surface area contributed by atoms with E-state index in [1.54, 1.807) is 31.4 Å². The summed E-state index contributed by atoms with van der Waals surface area (Å²) < 4.78 is 5.10. The maximum Gasteiger partial charge on any atom is 0.322 e. The Bertz CT molecular complexity index is 548. The summed E-state index contributed by atoms with van der Waals surface area (Å²) >= 11 is 0. The molecule has 2 rings (SSSR count). The predicted octanol–water partition coefficient (Wildman–Crippen LogP) is 2.60. The van der Waals surface area contributed by atoms with Crippen molar-refractivity contribution in [1.82, 2.24) is 4.90 Å². The van der Waals surface area contributed by atoms with Gasteiger partial charge in [-0.2, -0.15) is 0 Å². The van der Waals surface area contributed by atoms with Gasteiger partial charge in [-0.05, 0) is 50.3 Å². The van der Waals surface area contributed by atoms with Crippen molar-refractivity contribution in [2.75, 3.05) is 25.6 Å². The highest BCUT2D eigenvalue weighted by Crippen LogP contribution is 2.22. The topological polar surface area (TPSA) is 84.7 Å². The number of carbonyl (C=O) groups excluding carboxylic acids is 2. The largest absolute Gasteiger partial charge is 0.385 e. The number of anilines is 1. The summed E-state index contributed by atoms with van der Waals surface area (Å²) in [5.74, 6) is -0.503. The van der Waals surface area contributed by atoms with E-state index in [1.165, 1.54) is 0 Å². The van der Waals surface area contributed by atoms with Crippen LogP contribution in [0.3, 0.4) is 0 Å². The second-order valence-corrected chi connectivity index (χ2v) is 5.85. The van der Waals surface area contributed by atoms with Crippen molar-refractivity contribution < 1.29 is 14.3 Å². The molecule has 1 atom stereocenters. The van der Waals surface area contributed by atoms with Crippen LogP contribution in [0.1, 0.15) is 42.5 Å². The van der Waals surface area contributed by atoms with Crippen LogP contribution in [0, 0.1) is 0 Å². The fourth-order valence-corrected chi connectivity index (χ4v) is 2.98. The fourth-order valence-electron chi connectivity index (χ4n) is 2.98. The summed E-state index contributed by atoms with van der Waals surface area (Å²) in [4.78, 5) is 25.7. The van der Waals surface area contributed by atoms with Gasteiger partial charge in [-0.25, -0.2) is 4.79 Å². The Balaban J connectivity index is 1.99. The average molecular weight is 319 g/mol. The number of carbonyl (C=O) groups is 2. The second-order valence-electron chi connectivity index (χ2n) is 5.85. The van der Waals surface area contributed by atoms with Crippen LogP contribution in [0.15, 0.2) is 24.3 Å². The van der Waals surface area contributed by atoms with Gasteiger partial charge in [0.15, 0.2) is 0 Å². The van der Waals surface area contributed by atoms with Gasteiger partial charge in [-0.3, -0.25) is 4.79 Å². The van der Waals surface area contributed by atoms with Gasteiger partial charge in [0.1, 0.15) is 0 Å². The van der Waals surface area contributed by atoms with Crippen LogP contribution < -0.4 is 11.1 Å². The van der Waals surface area contributed by atoms with E-state index in [0.717, 1.165) is 38.6 Å². The van der Waals surface area contributed by atoms with Gasteiger partial charge in [-0.1, -0.05) is 6.07 Å². The Morgan fingerprint density at radius 2 is 2.22 bits per heavy atom. The molecule has 3 amide bonds. The number of piperidine rings is 1. The summed E-state index contributed by atoms with van der Waals surface area (Å²) in [7, 11) is 1.69. The Hall–Kier alpha value is -2.08. The first-order valence-corrected chi connectivity index (χ1v) is 8.08. The van der Waals surface area contributed by atoms with E-state index in [0.29, 0.717) is 17.9 Å². The summed E-state index contributed by atoms with van der Waals surface area (Å²) in [6.07, 6.45) is 5.09. The van der Waals surface area contributed by atoms with Crippen LogP contribution in [0.25, 0.3) is 0 Å².